The van der Waals surface area contributed by atoms with Gasteiger partial charge in [0.05, 0.1) is 6.54 Å². The van der Waals surface area contributed by atoms with Gasteiger partial charge in [-0.25, -0.2) is 4.79 Å². The quantitative estimate of drug-likeness (QED) is 0.678. The van der Waals surface area contributed by atoms with Gasteiger partial charge in [0.15, 0.2) is 0 Å². The highest BCUT2D eigenvalue weighted by Crippen LogP contribution is 2.36. The molecule has 0 aliphatic carbocycles. The zero-order valence-electron chi connectivity index (χ0n) is 18.2. The highest BCUT2D eigenvalue weighted by molar-refractivity contribution is 6.13. The van der Waals surface area contributed by atoms with E-state index < -0.39 is 29.6 Å². The van der Waals surface area contributed by atoms with Crippen LogP contribution in [0.2, 0.25) is 0 Å². The van der Waals surface area contributed by atoms with Crippen LogP contribution in [-0.4, -0.2) is 45.3 Å². The lowest BCUT2D eigenvalue weighted by Crippen LogP contribution is -2.57. The molecule has 0 N–H and O–H groups in total. The van der Waals surface area contributed by atoms with Gasteiger partial charge in [-0.15, -0.1) is 0 Å². The molecule has 1 saturated heterocycles. The van der Waals surface area contributed by atoms with E-state index in [-0.39, 0.29) is 25.3 Å². The number of hydrogen-bond acceptors (Lipinski definition) is 6. The maximum Gasteiger partial charge on any atom is 0.424 e. The van der Waals surface area contributed by atoms with Crippen LogP contribution < -0.4 is 4.74 Å². The second kappa shape index (κ2) is 8.11. The normalized spacial score (nSPS) is 18.6. The van der Waals surface area contributed by atoms with Gasteiger partial charge in [-0.3, -0.25) is 14.4 Å². The van der Waals surface area contributed by atoms with Crippen LogP contribution in [0, 0.1) is 0 Å². The van der Waals surface area contributed by atoms with Crippen molar-refractivity contribution in [2.24, 2.45) is 0 Å². The predicted molar refractivity (Wildman–Crippen MR) is 114 cm³/mol. The number of carbonyl (C=O) groups excluding carboxylic acids is 4. The Bertz CT molecular complexity index is 1090. The summed E-state index contributed by atoms with van der Waals surface area (Å²) in [7, 11) is 0. The number of fused-ring (bicyclic) bond motifs is 1. The zero-order chi connectivity index (χ0) is 23.0. The topological polar surface area (TPSA) is 93.2 Å². The molecule has 32 heavy (non-hydrogen) atoms. The average molecular weight is 436 g/mol. The number of rotatable bonds is 3. The fraction of sp³-hybridized carbons (Fsp3) is 0.333. The van der Waals surface area contributed by atoms with E-state index in [0.717, 1.165) is 0 Å². The maximum atomic E-state index is 13.1. The van der Waals surface area contributed by atoms with Gasteiger partial charge in [0.25, 0.3) is 11.8 Å². The van der Waals surface area contributed by atoms with Crippen LogP contribution in [0.15, 0.2) is 48.5 Å². The van der Waals surface area contributed by atoms with Crippen molar-refractivity contribution in [1.82, 2.24) is 9.80 Å². The fourth-order valence-corrected chi connectivity index (χ4v) is 3.84. The van der Waals surface area contributed by atoms with Gasteiger partial charge in [0.1, 0.15) is 23.1 Å². The van der Waals surface area contributed by atoms with Crippen molar-refractivity contribution in [2.75, 3.05) is 0 Å². The number of piperidine rings is 1. The minimum Gasteiger partial charge on any atom is -0.457 e. The molecule has 1 fully saturated rings. The van der Waals surface area contributed by atoms with E-state index >= 15 is 0 Å². The third-order valence-corrected chi connectivity index (χ3v) is 5.26. The molecule has 4 rings (SSSR count). The lowest BCUT2D eigenvalue weighted by Gasteiger charge is -2.35. The number of hydrogen-bond donors (Lipinski definition) is 0. The van der Waals surface area contributed by atoms with Crippen molar-refractivity contribution in [3.63, 3.8) is 0 Å². The number of carbonyl (C=O) groups is 4. The summed E-state index contributed by atoms with van der Waals surface area (Å²) in [5.41, 5.74) is 0.232. The van der Waals surface area contributed by atoms with Crippen LogP contribution in [0.25, 0.3) is 0 Å². The largest absolute Gasteiger partial charge is 0.457 e. The van der Waals surface area contributed by atoms with E-state index in [9.17, 15) is 19.2 Å². The predicted octanol–water partition coefficient (Wildman–Crippen LogP) is 3.89. The highest BCUT2D eigenvalue weighted by atomic mass is 16.6. The molecule has 166 valence electrons. The van der Waals surface area contributed by atoms with E-state index in [1.807, 2.05) is 30.3 Å². The minimum absolute atomic E-state index is 0.0385. The molecule has 0 spiro atoms. The highest BCUT2D eigenvalue weighted by Gasteiger charge is 2.46. The van der Waals surface area contributed by atoms with Gasteiger partial charge in [-0.2, -0.15) is 4.90 Å². The van der Waals surface area contributed by atoms with Crippen LogP contribution >= 0.6 is 0 Å². The van der Waals surface area contributed by atoms with Crippen molar-refractivity contribution < 1.29 is 28.7 Å². The number of benzene rings is 2. The molecule has 8 nitrogen and oxygen atoms in total. The van der Waals surface area contributed by atoms with Crippen LogP contribution in [0.1, 0.15) is 49.5 Å². The van der Waals surface area contributed by atoms with Gasteiger partial charge in [-0.1, -0.05) is 24.3 Å². The Morgan fingerprint density at radius 1 is 1.00 bits per heavy atom. The SMILES string of the molecule is CC(C)(C)OC(=O)N1C(=O)CCC(N2Cc3c(Oc4ccccc4)cccc3C2=O)C1=O. The summed E-state index contributed by atoms with van der Waals surface area (Å²) >= 11 is 0. The Morgan fingerprint density at radius 2 is 1.72 bits per heavy atom. The molecule has 2 aliphatic heterocycles. The maximum absolute atomic E-state index is 13.1. The second-order valence-corrected chi connectivity index (χ2v) is 8.73. The molecule has 2 aromatic carbocycles. The van der Waals surface area contributed by atoms with E-state index in [1.165, 1.54) is 4.90 Å². The lowest BCUT2D eigenvalue weighted by atomic mass is 10.0. The summed E-state index contributed by atoms with van der Waals surface area (Å²) in [6, 6.07) is 13.4. The first-order chi connectivity index (χ1) is 15.2. The van der Waals surface area contributed by atoms with Crippen molar-refractivity contribution in [3.05, 3.63) is 59.7 Å². The van der Waals surface area contributed by atoms with Gasteiger partial charge in [0, 0.05) is 17.5 Å². The second-order valence-electron chi connectivity index (χ2n) is 8.73. The van der Waals surface area contributed by atoms with Gasteiger partial charge >= 0.3 is 6.09 Å². The molecule has 1 atom stereocenters. The van der Waals surface area contributed by atoms with Gasteiger partial charge < -0.3 is 14.4 Å². The number of para-hydroxylation sites is 1. The summed E-state index contributed by atoms with van der Waals surface area (Å²) in [4.78, 5) is 53.0. The number of nitrogens with zero attached hydrogens (tertiary/aromatic N) is 2. The van der Waals surface area contributed by atoms with Crippen molar-refractivity contribution in [3.8, 4) is 11.5 Å². The smallest absolute Gasteiger partial charge is 0.424 e. The van der Waals surface area contributed by atoms with Crippen LogP contribution in [-0.2, 0) is 20.9 Å². The molecule has 0 saturated carbocycles. The molecular formula is C24H24N2O6. The lowest BCUT2D eigenvalue weighted by molar-refractivity contribution is -0.150. The standard InChI is InChI=1S/C24H24N2O6/c1-24(2,3)32-23(30)26-20(27)13-12-18(22(26)29)25-14-17-16(21(25)28)10-7-11-19(17)31-15-8-5-4-6-9-15/h4-11,18H,12-14H2,1-3H3. The fourth-order valence-electron chi connectivity index (χ4n) is 3.84. The summed E-state index contributed by atoms with van der Waals surface area (Å²) in [6.45, 7) is 5.09. The molecule has 2 heterocycles. The third kappa shape index (κ3) is 4.08. The molecule has 2 aromatic rings. The molecule has 0 aromatic heterocycles. The first kappa shape index (κ1) is 21.5. The van der Waals surface area contributed by atoms with Crippen LogP contribution in [0.3, 0.4) is 0 Å². The summed E-state index contributed by atoms with van der Waals surface area (Å²) in [5, 5.41) is 0. The monoisotopic (exact) mass is 436 g/mol. The molecule has 8 heteroatoms. The summed E-state index contributed by atoms with van der Waals surface area (Å²) in [5.74, 6) is -0.564. The van der Waals surface area contributed by atoms with E-state index in [0.29, 0.717) is 27.5 Å². The Morgan fingerprint density at radius 3 is 2.41 bits per heavy atom. The molecule has 0 radical (unpaired) electrons. The Labute approximate surface area is 185 Å². The molecule has 0 bridgehead atoms. The number of ether oxygens (including phenoxy) is 2. The Kier molecular flexibility index (Phi) is 5.46. The summed E-state index contributed by atoms with van der Waals surface area (Å²) < 4.78 is 11.2. The molecule has 1 unspecified atom stereocenters. The molecule has 2 aliphatic rings. The molecular weight excluding hydrogens is 412 g/mol. The van der Waals surface area contributed by atoms with Crippen molar-refractivity contribution in [1.29, 1.82) is 0 Å². The molecule has 4 amide bonds. The van der Waals surface area contributed by atoms with E-state index in [2.05, 4.69) is 0 Å². The average Bonchev–Trinajstić information content (AvgIpc) is 3.05. The van der Waals surface area contributed by atoms with E-state index in [1.54, 1.807) is 39.0 Å². The Balaban J connectivity index is 1.58. The van der Waals surface area contributed by atoms with Gasteiger partial charge in [0.2, 0.25) is 5.91 Å². The summed E-state index contributed by atoms with van der Waals surface area (Å²) in [6.07, 6.45) is -0.913. The first-order valence-corrected chi connectivity index (χ1v) is 10.4. The third-order valence-electron chi connectivity index (χ3n) is 5.26. The first-order valence-electron chi connectivity index (χ1n) is 10.4. The Hall–Kier alpha value is -3.68. The van der Waals surface area contributed by atoms with Crippen molar-refractivity contribution >= 4 is 23.8 Å². The van der Waals surface area contributed by atoms with Crippen LogP contribution in [0.5, 0.6) is 11.5 Å². The van der Waals surface area contributed by atoms with Gasteiger partial charge in [-0.05, 0) is 51.5 Å². The number of amides is 4. The zero-order valence-corrected chi connectivity index (χ0v) is 18.2. The number of imide groups is 3. The minimum atomic E-state index is -1.02. The van der Waals surface area contributed by atoms with Crippen molar-refractivity contribution in [2.45, 2.75) is 51.8 Å². The van der Waals surface area contributed by atoms with E-state index in [4.69, 9.17) is 9.47 Å². The van der Waals surface area contributed by atoms with Crippen LogP contribution in [0.4, 0.5) is 4.79 Å². The number of likely N-dealkylation sites (tertiary alicyclic amines) is 1.